The molecule has 0 bridgehead atoms. The largest absolute Gasteiger partial charge is 0.354 e. The van der Waals surface area contributed by atoms with Crippen LogP contribution in [0.1, 0.15) is 47.2 Å². The standard InChI is InChI=1S/C32H34N3OP/c1-21-15-25(18-27(37)16-21)24-9-10-30-28(19-24)31(29(20-33-30)32(36)23-7-8-23)34-26-6-4-5-22(17-26)11-14-35-12-2-3-13-35/h4-6,9-10,15-20,23H,2-3,7-8,11-14,37H2,1H3,(H,33,34). The van der Waals surface area contributed by atoms with Crippen molar-refractivity contribution in [3.63, 3.8) is 0 Å². The molecule has 1 saturated carbocycles. The van der Waals surface area contributed by atoms with Crippen molar-refractivity contribution < 1.29 is 4.79 Å². The number of hydrogen-bond acceptors (Lipinski definition) is 4. The van der Waals surface area contributed by atoms with Gasteiger partial charge in [0.1, 0.15) is 0 Å². The highest BCUT2D eigenvalue weighted by Gasteiger charge is 2.32. The summed E-state index contributed by atoms with van der Waals surface area (Å²) in [5, 5.41) is 5.82. The maximum Gasteiger partial charge on any atom is 0.169 e. The minimum Gasteiger partial charge on any atom is -0.354 e. The molecule has 1 atom stereocenters. The number of nitrogens with one attached hydrogen (secondary N) is 1. The Labute approximate surface area is 221 Å². The van der Waals surface area contributed by atoms with Crippen LogP contribution in [0.4, 0.5) is 11.4 Å². The molecule has 1 saturated heterocycles. The van der Waals surface area contributed by atoms with Crippen molar-refractivity contribution in [3.8, 4) is 11.1 Å². The highest BCUT2D eigenvalue weighted by atomic mass is 31.0. The second kappa shape index (κ2) is 10.4. The number of aryl methyl sites for hydroxylation is 1. The molecule has 2 heterocycles. The van der Waals surface area contributed by atoms with Gasteiger partial charge < -0.3 is 10.2 Å². The summed E-state index contributed by atoms with van der Waals surface area (Å²) < 4.78 is 0. The fourth-order valence-electron chi connectivity index (χ4n) is 5.48. The predicted octanol–water partition coefficient (Wildman–Crippen LogP) is 6.69. The lowest BCUT2D eigenvalue weighted by molar-refractivity contribution is 0.0968. The van der Waals surface area contributed by atoms with E-state index in [0.717, 1.165) is 59.0 Å². The molecule has 1 aromatic heterocycles. The van der Waals surface area contributed by atoms with Gasteiger partial charge in [0.15, 0.2) is 5.78 Å². The number of ketones is 1. The Balaban J connectivity index is 1.39. The molecule has 6 rings (SSSR count). The van der Waals surface area contributed by atoms with Gasteiger partial charge in [-0.3, -0.25) is 9.78 Å². The molecule has 3 aromatic carbocycles. The molecule has 4 aromatic rings. The van der Waals surface area contributed by atoms with E-state index in [1.54, 1.807) is 6.20 Å². The summed E-state index contributed by atoms with van der Waals surface area (Å²) in [5.74, 6) is 0.335. The van der Waals surface area contributed by atoms with E-state index in [0.29, 0.717) is 5.56 Å². The van der Waals surface area contributed by atoms with E-state index in [9.17, 15) is 4.79 Å². The highest BCUT2D eigenvalue weighted by Crippen LogP contribution is 2.38. The number of pyridine rings is 1. The van der Waals surface area contributed by atoms with Gasteiger partial charge in [0.2, 0.25) is 0 Å². The molecule has 1 unspecified atom stereocenters. The fourth-order valence-corrected chi connectivity index (χ4v) is 5.92. The van der Waals surface area contributed by atoms with E-state index in [4.69, 9.17) is 4.98 Å². The van der Waals surface area contributed by atoms with Gasteiger partial charge in [0.25, 0.3) is 0 Å². The molecule has 1 aliphatic heterocycles. The third-order valence-corrected chi connectivity index (χ3v) is 7.96. The summed E-state index contributed by atoms with van der Waals surface area (Å²) >= 11 is 0. The van der Waals surface area contributed by atoms with Gasteiger partial charge in [-0.25, -0.2) is 0 Å². The number of likely N-dealkylation sites (tertiary alicyclic amines) is 1. The van der Waals surface area contributed by atoms with Gasteiger partial charge in [-0.05, 0) is 110 Å². The average molecular weight is 508 g/mol. The van der Waals surface area contributed by atoms with Crippen molar-refractivity contribution in [2.45, 2.75) is 39.0 Å². The predicted molar refractivity (Wildman–Crippen MR) is 157 cm³/mol. The van der Waals surface area contributed by atoms with Gasteiger partial charge in [-0.1, -0.05) is 30.3 Å². The van der Waals surface area contributed by atoms with Crippen LogP contribution in [0.15, 0.2) is 66.9 Å². The topological polar surface area (TPSA) is 45.2 Å². The molecular weight excluding hydrogens is 473 g/mol. The van der Waals surface area contributed by atoms with Gasteiger partial charge >= 0.3 is 0 Å². The molecular formula is C32H34N3OP. The molecule has 5 heteroatoms. The first-order chi connectivity index (χ1) is 18.0. The Hall–Kier alpha value is -3.07. The van der Waals surface area contributed by atoms with Crippen molar-refractivity contribution in [1.82, 2.24) is 9.88 Å². The summed E-state index contributed by atoms with van der Waals surface area (Å²) in [4.78, 5) is 20.6. The van der Waals surface area contributed by atoms with Crippen LogP contribution in [-0.2, 0) is 6.42 Å². The smallest absolute Gasteiger partial charge is 0.169 e. The zero-order chi connectivity index (χ0) is 25.4. The number of benzene rings is 3. The SMILES string of the molecule is Cc1cc(P)cc(-c2ccc3ncc(C(=O)C4CC4)c(Nc4cccc(CCN5CCCC5)c4)c3c2)c1. The zero-order valence-electron chi connectivity index (χ0n) is 21.5. The maximum atomic E-state index is 13.3. The third-order valence-electron chi connectivity index (χ3n) is 7.63. The lowest BCUT2D eigenvalue weighted by Crippen LogP contribution is -2.21. The molecule has 188 valence electrons. The number of aromatic nitrogens is 1. The van der Waals surface area contributed by atoms with Gasteiger partial charge in [0.05, 0.1) is 16.8 Å². The third kappa shape index (κ3) is 5.46. The number of rotatable bonds is 8. The lowest BCUT2D eigenvalue weighted by Gasteiger charge is -2.17. The van der Waals surface area contributed by atoms with Crippen LogP contribution >= 0.6 is 9.24 Å². The summed E-state index contributed by atoms with van der Waals surface area (Å²) in [6, 6.07) is 21.6. The zero-order valence-corrected chi connectivity index (χ0v) is 22.6. The van der Waals surface area contributed by atoms with Crippen LogP contribution in [0.2, 0.25) is 0 Å². The first-order valence-electron chi connectivity index (χ1n) is 13.5. The molecule has 1 N–H and O–H groups in total. The van der Waals surface area contributed by atoms with Crippen LogP contribution in [0.25, 0.3) is 22.0 Å². The van der Waals surface area contributed by atoms with Crippen LogP contribution < -0.4 is 10.6 Å². The van der Waals surface area contributed by atoms with E-state index >= 15 is 0 Å². The Morgan fingerprint density at radius 3 is 2.65 bits per heavy atom. The molecule has 0 radical (unpaired) electrons. The number of fused-ring (bicyclic) bond motifs is 1. The van der Waals surface area contributed by atoms with Crippen LogP contribution in [0.3, 0.4) is 0 Å². The molecule has 4 nitrogen and oxygen atoms in total. The Morgan fingerprint density at radius 2 is 1.86 bits per heavy atom. The number of hydrogen-bond donors (Lipinski definition) is 1. The number of Topliss-reactive ketones (excluding diaryl/α,β-unsaturated/α-hetero) is 1. The number of carbonyl (C=O) groups excluding carboxylic acids is 1. The van der Waals surface area contributed by atoms with Crippen molar-refractivity contribution in [2.75, 3.05) is 25.0 Å². The molecule has 37 heavy (non-hydrogen) atoms. The van der Waals surface area contributed by atoms with Gasteiger partial charge in [-0.2, -0.15) is 0 Å². The Bertz CT molecular complexity index is 1450. The summed E-state index contributed by atoms with van der Waals surface area (Å²) in [5.41, 5.74) is 8.32. The van der Waals surface area contributed by atoms with Crippen LogP contribution in [0, 0.1) is 12.8 Å². The van der Waals surface area contributed by atoms with E-state index < -0.39 is 0 Å². The molecule has 2 aliphatic rings. The minimum atomic E-state index is 0.131. The Kier molecular flexibility index (Phi) is 6.80. The lowest BCUT2D eigenvalue weighted by atomic mass is 9.98. The van der Waals surface area contributed by atoms with Crippen molar-refractivity contribution in [1.29, 1.82) is 0 Å². The second-order valence-corrected chi connectivity index (χ2v) is 11.3. The van der Waals surface area contributed by atoms with Crippen LogP contribution in [0.5, 0.6) is 0 Å². The first-order valence-corrected chi connectivity index (χ1v) is 14.0. The summed E-state index contributed by atoms with van der Waals surface area (Å²) in [6.07, 6.45) is 7.39. The molecule has 0 spiro atoms. The van der Waals surface area contributed by atoms with Crippen molar-refractivity contribution in [3.05, 3.63) is 83.6 Å². The van der Waals surface area contributed by atoms with E-state index in [1.165, 1.54) is 42.6 Å². The molecule has 1 aliphatic carbocycles. The first kappa shape index (κ1) is 24.3. The highest BCUT2D eigenvalue weighted by molar-refractivity contribution is 7.27. The monoisotopic (exact) mass is 507 g/mol. The fraction of sp³-hybridized carbons (Fsp3) is 0.312. The van der Waals surface area contributed by atoms with Crippen LogP contribution in [-0.4, -0.2) is 35.3 Å². The average Bonchev–Trinajstić information content (AvgIpc) is 3.62. The molecule has 0 amide bonds. The van der Waals surface area contributed by atoms with Crippen molar-refractivity contribution >= 4 is 42.6 Å². The van der Waals surface area contributed by atoms with Crippen molar-refractivity contribution in [2.24, 2.45) is 5.92 Å². The van der Waals surface area contributed by atoms with Gasteiger partial charge in [0, 0.05) is 29.7 Å². The quantitative estimate of drug-likeness (QED) is 0.213. The number of carbonyl (C=O) groups is 1. The van der Waals surface area contributed by atoms with E-state index in [2.05, 4.69) is 87.0 Å². The van der Waals surface area contributed by atoms with E-state index in [-0.39, 0.29) is 11.7 Å². The Morgan fingerprint density at radius 1 is 1.03 bits per heavy atom. The summed E-state index contributed by atoms with van der Waals surface area (Å²) in [6.45, 7) is 5.66. The van der Waals surface area contributed by atoms with E-state index in [1.807, 2.05) is 0 Å². The second-order valence-electron chi connectivity index (χ2n) is 10.7. The van der Waals surface area contributed by atoms with Gasteiger partial charge in [-0.15, -0.1) is 9.24 Å². The number of anilines is 2. The summed E-state index contributed by atoms with van der Waals surface area (Å²) in [7, 11) is 2.80. The number of nitrogens with zero attached hydrogens (tertiary/aromatic N) is 2. The molecule has 2 fully saturated rings. The maximum absolute atomic E-state index is 13.3. The normalized spacial score (nSPS) is 15.8. The minimum absolute atomic E-state index is 0.131.